The van der Waals surface area contributed by atoms with Crippen LogP contribution in [0, 0.1) is 0 Å². The predicted molar refractivity (Wildman–Crippen MR) is 75.0 cm³/mol. The molecule has 0 aliphatic rings. The van der Waals surface area contributed by atoms with Gasteiger partial charge in [-0.2, -0.15) is 0 Å². The number of benzene rings is 1. The van der Waals surface area contributed by atoms with Crippen molar-refractivity contribution in [2.24, 2.45) is 0 Å². The zero-order valence-electron chi connectivity index (χ0n) is 10.6. The summed E-state index contributed by atoms with van der Waals surface area (Å²) >= 11 is 5.87. The number of carbonyl (C=O) groups is 1. The zero-order valence-corrected chi connectivity index (χ0v) is 11.3. The Hall–Kier alpha value is -1.81. The molecule has 2 aromatic rings. The van der Waals surface area contributed by atoms with Gasteiger partial charge in [-0.3, -0.25) is 4.79 Å². The number of aryl methyl sites for hydroxylation is 1. The van der Waals surface area contributed by atoms with Gasteiger partial charge in [0.15, 0.2) is 0 Å². The van der Waals surface area contributed by atoms with E-state index in [-0.39, 0.29) is 5.91 Å². The summed E-state index contributed by atoms with van der Waals surface area (Å²) < 4.78 is 1.99. The Morgan fingerprint density at radius 2 is 2.32 bits per heavy atom. The van der Waals surface area contributed by atoms with Crippen LogP contribution in [0.4, 0.5) is 0 Å². The van der Waals surface area contributed by atoms with Gasteiger partial charge >= 0.3 is 0 Å². The van der Waals surface area contributed by atoms with Crippen LogP contribution in [0.3, 0.4) is 0 Å². The maximum Gasteiger partial charge on any atom is 0.224 e. The van der Waals surface area contributed by atoms with Gasteiger partial charge in [-0.1, -0.05) is 23.7 Å². The number of imidazole rings is 1. The lowest BCUT2D eigenvalue weighted by Gasteiger charge is -2.06. The highest BCUT2D eigenvalue weighted by molar-refractivity contribution is 6.30. The molecule has 1 amide bonds. The SMILES string of the molecule is O=C(Cc1cccc(Cl)c1)NCCCn1ccnc1. The van der Waals surface area contributed by atoms with Gasteiger partial charge in [-0.15, -0.1) is 0 Å². The third kappa shape index (κ3) is 4.75. The van der Waals surface area contributed by atoms with E-state index in [2.05, 4.69) is 10.3 Å². The van der Waals surface area contributed by atoms with Crippen LogP contribution in [0.15, 0.2) is 43.0 Å². The minimum Gasteiger partial charge on any atom is -0.356 e. The Balaban J connectivity index is 1.67. The Bertz CT molecular complexity index is 525. The topological polar surface area (TPSA) is 46.9 Å². The minimum atomic E-state index is 0.0212. The molecule has 100 valence electrons. The van der Waals surface area contributed by atoms with Crippen LogP contribution in [-0.4, -0.2) is 22.0 Å². The van der Waals surface area contributed by atoms with Crippen LogP contribution < -0.4 is 5.32 Å². The first-order valence-electron chi connectivity index (χ1n) is 6.21. The second-order valence-corrected chi connectivity index (χ2v) is 4.75. The molecule has 0 atom stereocenters. The van der Waals surface area contributed by atoms with E-state index in [1.54, 1.807) is 18.6 Å². The molecule has 0 radical (unpaired) electrons. The second-order valence-electron chi connectivity index (χ2n) is 4.31. The van der Waals surface area contributed by atoms with E-state index in [0.29, 0.717) is 18.0 Å². The number of nitrogens with zero attached hydrogens (tertiary/aromatic N) is 2. The van der Waals surface area contributed by atoms with E-state index >= 15 is 0 Å². The van der Waals surface area contributed by atoms with Gasteiger partial charge in [-0.05, 0) is 24.1 Å². The van der Waals surface area contributed by atoms with Crippen molar-refractivity contribution in [1.29, 1.82) is 0 Å². The molecule has 0 aliphatic heterocycles. The maximum absolute atomic E-state index is 11.7. The predicted octanol–water partition coefficient (Wildman–Crippen LogP) is 2.29. The fraction of sp³-hybridized carbons (Fsp3) is 0.286. The average Bonchev–Trinajstić information content (AvgIpc) is 2.88. The lowest BCUT2D eigenvalue weighted by Crippen LogP contribution is -2.26. The van der Waals surface area contributed by atoms with Crippen molar-refractivity contribution in [3.63, 3.8) is 0 Å². The molecule has 1 N–H and O–H groups in total. The molecule has 1 heterocycles. The zero-order chi connectivity index (χ0) is 13.5. The Labute approximate surface area is 117 Å². The molecule has 4 nitrogen and oxygen atoms in total. The van der Waals surface area contributed by atoms with Crippen molar-refractivity contribution >= 4 is 17.5 Å². The van der Waals surface area contributed by atoms with E-state index in [0.717, 1.165) is 18.5 Å². The number of amides is 1. The minimum absolute atomic E-state index is 0.0212. The summed E-state index contributed by atoms with van der Waals surface area (Å²) in [5.41, 5.74) is 0.930. The largest absolute Gasteiger partial charge is 0.356 e. The van der Waals surface area contributed by atoms with Crippen molar-refractivity contribution in [1.82, 2.24) is 14.9 Å². The van der Waals surface area contributed by atoms with E-state index < -0.39 is 0 Å². The summed E-state index contributed by atoms with van der Waals surface area (Å²) in [5, 5.41) is 3.56. The Morgan fingerprint density at radius 3 is 3.05 bits per heavy atom. The monoisotopic (exact) mass is 277 g/mol. The van der Waals surface area contributed by atoms with E-state index in [4.69, 9.17) is 11.6 Å². The lowest BCUT2D eigenvalue weighted by atomic mass is 10.1. The number of hydrogen-bond donors (Lipinski definition) is 1. The van der Waals surface area contributed by atoms with Crippen LogP contribution in [-0.2, 0) is 17.8 Å². The standard InChI is InChI=1S/C14H16ClN3O/c15-13-4-1-3-12(9-13)10-14(19)17-5-2-7-18-8-6-16-11-18/h1,3-4,6,8-9,11H,2,5,7,10H2,(H,17,19). The average molecular weight is 278 g/mol. The van der Waals surface area contributed by atoms with E-state index in [1.807, 2.05) is 29.0 Å². The first-order valence-corrected chi connectivity index (χ1v) is 6.59. The summed E-state index contributed by atoms with van der Waals surface area (Å²) in [4.78, 5) is 15.7. The van der Waals surface area contributed by atoms with Gasteiger partial charge in [0.25, 0.3) is 0 Å². The smallest absolute Gasteiger partial charge is 0.224 e. The van der Waals surface area contributed by atoms with Gasteiger partial charge < -0.3 is 9.88 Å². The molecule has 0 fully saturated rings. The van der Waals surface area contributed by atoms with Crippen LogP contribution in [0.25, 0.3) is 0 Å². The van der Waals surface area contributed by atoms with Crippen molar-refractivity contribution in [2.45, 2.75) is 19.4 Å². The van der Waals surface area contributed by atoms with Crippen LogP contribution in [0.2, 0.25) is 5.02 Å². The number of nitrogens with one attached hydrogen (secondary N) is 1. The molecule has 0 bridgehead atoms. The van der Waals surface area contributed by atoms with E-state index in [9.17, 15) is 4.79 Å². The van der Waals surface area contributed by atoms with Crippen LogP contribution in [0.5, 0.6) is 0 Å². The summed E-state index contributed by atoms with van der Waals surface area (Å²) in [5.74, 6) is 0.0212. The molecule has 0 aliphatic carbocycles. The molecule has 1 aromatic heterocycles. The van der Waals surface area contributed by atoms with Crippen molar-refractivity contribution in [3.05, 3.63) is 53.6 Å². The molecule has 0 spiro atoms. The third-order valence-electron chi connectivity index (χ3n) is 2.73. The lowest BCUT2D eigenvalue weighted by molar-refractivity contribution is -0.120. The van der Waals surface area contributed by atoms with E-state index in [1.165, 1.54) is 0 Å². The molecule has 2 rings (SSSR count). The van der Waals surface area contributed by atoms with Crippen LogP contribution >= 0.6 is 11.6 Å². The Morgan fingerprint density at radius 1 is 1.42 bits per heavy atom. The first kappa shape index (κ1) is 13.6. The summed E-state index contributed by atoms with van der Waals surface area (Å²) in [6.45, 7) is 1.52. The quantitative estimate of drug-likeness (QED) is 0.824. The number of hydrogen-bond acceptors (Lipinski definition) is 2. The second kappa shape index (κ2) is 6.95. The number of aromatic nitrogens is 2. The maximum atomic E-state index is 11.7. The normalized spacial score (nSPS) is 10.4. The molecule has 0 saturated carbocycles. The van der Waals surface area contributed by atoms with Gasteiger partial charge in [0.1, 0.15) is 0 Å². The van der Waals surface area contributed by atoms with Gasteiger partial charge in [0, 0.05) is 30.5 Å². The number of halogens is 1. The highest BCUT2D eigenvalue weighted by Crippen LogP contribution is 2.10. The van der Waals surface area contributed by atoms with Gasteiger partial charge in [0.05, 0.1) is 12.7 Å². The third-order valence-corrected chi connectivity index (χ3v) is 2.96. The highest BCUT2D eigenvalue weighted by atomic mass is 35.5. The van der Waals surface area contributed by atoms with Crippen LogP contribution in [0.1, 0.15) is 12.0 Å². The van der Waals surface area contributed by atoms with Gasteiger partial charge in [0.2, 0.25) is 5.91 Å². The Kier molecular flexibility index (Phi) is 4.98. The molecule has 19 heavy (non-hydrogen) atoms. The number of rotatable bonds is 6. The molecule has 0 unspecified atom stereocenters. The van der Waals surface area contributed by atoms with Crippen molar-refractivity contribution in [3.8, 4) is 0 Å². The molecule has 0 saturated heterocycles. The molecular weight excluding hydrogens is 262 g/mol. The number of carbonyl (C=O) groups excluding carboxylic acids is 1. The fourth-order valence-electron chi connectivity index (χ4n) is 1.80. The molecule has 5 heteroatoms. The van der Waals surface area contributed by atoms with Gasteiger partial charge in [-0.25, -0.2) is 4.98 Å². The summed E-state index contributed by atoms with van der Waals surface area (Å²) in [7, 11) is 0. The molecular formula is C14H16ClN3O. The first-order chi connectivity index (χ1) is 9.24. The van der Waals surface area contributed by atoms with Crippen molar-refractivity contribution in [2.75, 3.05) is 6.54 Å². The summed E-state index contributed by atoms with van der Waals surface area (Å²) in [6.07, 6.45) is 6.68. The fourth-order valence-corrected chi connectivity index (χ4v) is 2.02. The molecule has 1 aromatic carbocycles. The van der Waals surface area contributed by atoms with Crippen molar-refractivity contribution < 1.29 is 4.79 Å². The highest BCUT2D eigenvalue weighted by Gasteiger charge is 2.03. The summed E-state index contributed by atoms with van der Waals surface area (Å²) in [6, 6.07) is 7.36.